The molecule has 1 fully saturated rings. The van der Waals surface area contributed by atoms with E-state index in [0.29, 0.717) is 5.92 Å². The van der Waals surface area contributed by atoms with Crippen LogP contribution in [0, 0.1) is 5.92 Å². The van der Waals surface area contributed by atoms with E-state index in [1.165, 1.54) is 12.8 Å². The SMILES string of the molecule is COC1(C(N)c2ccn(C)n2)CCCC(C)C1. The van der Waals surface area contributed by atoms with Gasteiger partial charge in [-0.15, -0.1) is 0 Å². The molecular weight excluding hydrogens is 214 g/mol. The van der Waals surface area contributed by atoms with Crippen molar-refractivity contribution in [1.82, 2.24) is 9.78 Å². The van der Waals surface area contributed by atoms with Crippen LogP contribution < -0.4 is 5.73 Å². The van der Waals surface area contributed by atoms with Gasteiger partial charge in [-0.25, -0.2) is 0 Å². The van der Waals surface area contributed by atoms with Crippen LogP contribution in [0.1, 0.15) is 44.3 Å². The van der Waals surface area contributed by atoms with Crippen molar-refractivity contribution in [3.05, 3.63) is 18.0 Å². The van der Waals surface area contributed by atoms with Crippen LogP contribution in [0.15, 0.2) is 12.3 Å². The quantitative estimate of drug-likeness (QED) is 0.875. The minimum Gasteiger partial charge on any atom is -0.376 e. The van der Waals surface area contributed by atoms with E-state index in [1.807, 2.05) is 19.3 Å². The largest absolute Gasteiger partial charge is 0.376 e. The van der Waals surface area contributed by atoms with Crippen LogP contribution in [0.5, 0.6) is 0 Å². The van der Waals surface area contributed by atoms with E-state index < -0.39 is 0 Å². The average molecular weight is 237 g/mol. The summed E-state index contributed by atoms with van der Waals surface area (Å²) in [4.78, 5) is 0. The maximum atomic E-state index is 6.39. The molecular formula is C13H23N3O. The van der Waals surface area contributed by atoms with Gasteiger partial charge in [0.05, 0.1) is 17.3 Å². The minimum absolute atomic E-state index is 0.128. The molecule has 0 aliphatic heterocycles. The van der Waals surface area contributed by atoms with Gasteiger partial charge in [0.2, 0.25) is 0 Å². The molecule has 0 amide bonds. The van der Waals surface area contributed by atoms with E-state index in [4.69, 9.17) is 10.5 Å². The minimum atomic E-state index is -0.230. The third kappa shape index (κ3) is 2.38. The molecule has 0 spiro atoms. The number of hydrogen-bond acceptors (Lipinski definition) is 3. The highest BCUT2D eigenvalue weighted by Crippen LogP contribution is 2.41. The van der Waals surface area contributed by atoms with Gasteiger partial charge in [0.25, 0.3) is 0 Å². The van der Waals surface area contributed by atoms with Crippen molar-refractivity contribution >= 4 is 0 Å². The van der Waals surface area contributed by atoms with Crippen LogP contribution in [0.2, 0.25) is 0 Å². The third-order valence-corrected chi connectivity index (χ3v) is 4.02. The summed E-state index contributed by atoms with van der Waals surface area (Å²) in [6.07, 6.45) is 6.47. The smallest absolute Gasteiger partial charge is 0.0889 e. The first-order chi connectivity index (χ1) is 8.07. The lowest BCUT2D eigenvalue weighted by atomic mass is 9.74. The fraction of sp³-hybridized carbons (Fsp3) is 0.769. The van der Waals surface area contributed by atoms with Gasteiger partial charge in [-0.2, -0.15) is 5.10 Å². The molecule has 2 rings (SSSR count). The van der Waals surface area contributed by atoms with E-state index in [9.17, 15) is 0 Å². The predicted molar refractivity (Wildman–Crippen MR) is 67.5 cm³/mol. The molecule has 1 aliphatic rings. The first-order valence-electron chi connectivity index (χ1n) is 6.38. The molecule has 4 nitrogen and oxygen atoms in total. The number of nitrogens with zero attached hydrogens (tertiary/aromatic N) is 2. The molecule has 3 atom stereocenters. The normalized spacial score (nSPS) is 31.4. The summed E-state index contributed by atoms with van der Waals surface area (Å²) >= 11 is 0. The second-order valence-corrected chi connectivity index (χ2v) is 5.36. The molecule has 1 aromatic heterocycles. The molecule has 0 radical (unpaired) electrons. The van der Waals surface area contributed by atoms with Crippen molar-refractivity contribution < 1.29 is 4.74 Å². The summed E-state index contributed by atoms with van der Waals surface area (Å²) in [6.45, 7) is 2.28. The van der Waals surface area contributed by atoms with Crippen LogP contribution in [-0.4, -0.2) is 22.5 Å². The summed E-state index contributed by atoms with van der Waals surface area (Å²) < 4.78 is 7.60. The van der Waals surface area contributed by atoms with Gasteiger partial charge < -0.3 is 10.5 Å². The van der Waals surface area contributed by atoms with Crippen molar-refractivity contribution in [2.45, 2.75) is 44.2 Å². The summed E-state index contributed by atoms with van der Waals surface area (Å²) in [6, 6.07) is 1.86. The Labute approximate surface area is 103 Å². The van der Waals surface area contributed by atoms with Crippen molar-refractivity contribution in [2.75, 3.05) is 7.11 Å². The van der Waals surface area contributed by atoms with Crippen LogP contribution >= 0.6 is 0 Å². The Morgan fingerprint density at radius 2 is 2.41 bits per heavy atom. The number of rotatable bonds is 3. The standard InChI is InChI=1S/C13H23N3O/c1-10-5-4-7-13(9-10,17-3)12(14)11-6-8-16(2)15-11/h6,8,10,12H,4-5,7,9,14H2,1-3H3. The van der Waals surface area contributed by atoms with E-state index in [0.717, 1.165) is 18.5 Å². The number of hydrogen-bond donors (Lipinski definition) is 1. The predicted octanol–water partition coefficient (Wildman–Crippen LogP) is 2.02. The molecule has 2 N–H and O–H groups in total. The Morgan fingerprint density at radius 1 is 1.65 bits per heavy atom. The zero-order valence-corrected chi connectivity index (χ0v) is 11.0. The molecule has 0 bridgehead atoms. The molecule has 1 aromatic rings. The summed E-state index contributed by atoms with van der Waals surface area (Å²) in [5.41, 5.74) is 7.09. The van der Waals surface area contributed by atoms with Gasteiger partial charge in [-0.3, -0.25) is 4.68 Å². The number of aryl methyl sites for hydroxylation is 1. The highest BCUT2D eigenvalue weighted by Gasteiger charge is 2.42. The van der Waals surface area contributed by atoms with Crippen molar-refractivity contribution in [2.24, 2.45) is 18.7 Å². The van der Waals surface area contributed by atoms with Crippen molar-refractivity contribution in [3.63, 3.8) is 0 Å². The number of ether oxygens (including phenoxy) is 1. The molecule has 96 valence electrons. The Kier molecular flexibility index (Phi) is 3.54. The average Bonchev–Trinajstić information content (AvgIpc) is 2.74. The fourth-order valence-electron chi connectivity index (χ4n) is 3.01. The van der Waals surface area contributed by atoms with E-state index in [1.54, 1.807) is 11.8 Å². The maximum absolute atomic E-state index is 6.39. The molecule has 17 heavy (non-hydrogen) atoms. The molecule has 4 heteroatoms. The van der Waals surface area contributed by atoms with Gasteiger partial charge in [0.1, 0.15) is 0 Å². The fourth-order valence-corrected chi connectivity index (χ4v) is 3.01. The summed E-state index contributed by atoms with van der Waals surface area (Å²) in [7, 11) is 3.69. The lowest BCUT2D eigenvalue weighted by Crippen LogP contribution is -2.46. The van der Waals surface area contributed by atoms with Gasteiger partial charge in [0.15, 0.2) is 0 Å². The van der Waals surface area contributed by atoms with Crippen molar-refractivity contribution in [3.8, 4) is 0 Å². The molecule has 1 aliphatic carbocycles. The first-order valence-corrected chi connectivity index (χ1v) is 6.38. The van der Waals surface area contributed by atoms with Crippen molar-refractivity contribution in [1.29, 1.82) is 0 Å². The second-order valence-electron chi connectivity index (χ2n) is 5.36. The zero-order valence-electron chi connectivity index (χ0n) is 11.0. The van der Waals surface area contributed by atoms with Crippen LogP contribution in [0.3, 0.4) is 0 Å². The van der Waals surface area contributed by atoms with E-state index in [-0.39, 0.29) is 11.6 Å². The summed E-state index contributed by atoms with van der Waals surface area (Å²) in [5.74, 6) is 0.679. The lowest BCUT2D eigenvalue weighted by Gasteiger charge is -2.42. The van der Waals surface area contributed by atoms with E-state index >= 15 is 0 Å². The Bertz CT molecular complexity index is 376. The Balaban J connectivity index is 2.22. The van der Waals surface area contributed by atoms with Crippen LogP contribution in [0.4, 0.5) is 0 Å². The molecule has 1 heterocycles. The van der Waals surface area contributed by atoms with Gasteiger partial charge in [-0.05, 0) is 24.8 Å². The molecule has 3 unspecified atom stereocenters. The third-order valence-electron chi connectivity index (χ3n) is 4.02. The lowest BCUT2D eigenvalue weighted by molar-refractivity contribution is -0.0727. The van der Waals surface area contributed by atoms with E-state index in [2.05, 4.69) is 12.0 Å². The van der Waals surface area contributed by atoms with Gasteiger partial charge in [0, 0.05) is 20.4 Å². The zero-order chi connectivity index (χ0) is 12.5. The topological polar surface area (TPSA) is 53.1 Å². The number of aromatic nitrogens is 2. The summed E-state index contributed by atoms with van der Waals surface area (Å²) in [5, 5.41) is 4.42. The monoisotopic (exact) mass is 237 g/mol. The Hall–Kier alpha value is -0.870. The maximum Gasteiger partial charge on any atom is 0.0889 e. The van der Waals surface area contributed by atoms with Gasteiger partial charge >= 0.3 is 0 Å². The Morgan fingerprint density at radius 3 is 2.94 bits per heavy atom. The van der Waals surface area contributed by atoms with Crippen LogP contribution in [0.25, 0.3) is 0 Å². The second kappa shape index (κ2) is 4.78. The molecule has 0 aromatic carbocycles. The first kappa shape index (κ1) is 12.6. The number of nitrogens with two attached hydrogens (primary N) is 1. The molecule has 1 saturated carbocycles. The van der Waals surface area contributed by atoms with Crippen LogP contribution in [-0.2, 0) is 11.8 Å². The highest BCUT2D eigenvalue weighted by atomic mass is 16.5. The number of methoxy groups -OCH3 is 1. The van der Waals surface area contributed by atoms with Gasteiger partial charge in [-0.1, -0.05) is 19.8 Å². The highest BCUT2D eigenvalue weighted by molar-refractivity contribution is 5.12. The molecule has 0 saturated heterocycles.